The van der Waals surface area contributed by atoms with Gasteiger partial charge >= 0.3 is 0 Å². The Morgan fingerprint density at radius 3 is 3.17 bits per heavy atom. The fourth-order valence-electron chi connectivity index (χ4n) is 2.42. The van der Waals surface area contributed by atoms with Crippen molar-refractivity contribution in [2.45, 2.75) is 26.3 Å². The first-order chi connectivity index (χ1) is 8.74. The highest BCUT2D eigenvalue weighted by molar-refractivity contribution is 5.67. The van der Waals surface area contributed by atoms with Gasteiger partial charge in [-0.1, -0.05) is 5.21 Å². The minimum Gasteiger partial charge on any atom is -0.316 e. The van der Waals surface area contributed by atoms with Gasteiger partial charge in [0.1, 0.15) is 5.82 Å². The van der Waals surface area contributed by atoms with Crippen molar-refractivity contribution in [3.05, 3.63) is 16.2 Å². The molecule has 1 aliphatic heterocycles. The lowest BCUT2D eigenvalue weighted by atomic mass is 10.00. The third kappa shape index (κ3) is 2.01. The molecule has 2 aromatic rings. The van der Waals surface area contributed by atoms with Gasteiger partial charge in [0.15, 0.2) is 11.2 Å². The van der Waals surface area contributed by atoms with E-state index in [1.165, 1.54) is 12.8 Å². The predicted octanol–water partition coefficient (Wildman–Crippen LogP) is -0.177. The second-order valence-electron chi connectivity index (χ2n) is 4.81. The second kappa shape index (κ2) is 4.49. The molecule has 2 aromatic heterocycles. The number of piperidine rings is 1. The van der Waals surface area contributed by atoms with Gasteiger partial charge in [-0.3, -0.25) is 4.79 Å². The summed E-state index contributed by atoms with van der Waals surface area (Å²) in [6.07, 6.45) is 2.36. The summed E-state index contributed by atoms with van der Waals surface area (Å²) >= 11 is 0. The average molecular weight is 248 g/mol. The van der Waals surface area contributed by atoms with Crippen molar-refractivity contribution in [2.24, 2.45) is 5.92 Å². The van der Waals surface area contributed by atoms with Crippen LogP contribution in [-0.4, -0.2) is 38.1 Å². The van der Waals surface area contributed by atoms with Gasteiger partial charge in [0.05, 0.1) is 0 Å². The smallest absolute Gasteiger partial charge is 0.281 e. The fourth-order valence-corrected chi connectivity index (χ4v) is 2.42. The molecule has 1 fully saturated rings. The van der Waals surface area contributed by atoms with Gasteiger partial charge in [-0.15, -0.1) is 5.10 Å². The average Bonchev–Trinajstić information content (AvgIpc) is 2.74. The molecule has 0 aromatic carbocycles. The molecule has 0 bridgehead atoms. The van der Waals surface area contributed by atoms with Crippen LogP contribution in [0.5, 0.6) is 0 Å². The Morgan fingerprint density at radius 1 is 1.50 bits per heavy atom. The summed E-state index contributed by atoms with van der Waals surface area (Å²) in [6, 6.07) is 0. The third-order valence-corrected chi connectivity index (χ3v) is 3.32. The highest BCUT2D eigenvalue weighted by Gasteiger charge is 2.17. The molecule has 0 unspecified atom stereocenters. The van der Waals surface area contributed by atoms with Gasteiger partial charge in [-0.05, 0) is 38.8 Å². The van der Waals surface area contributed by atoms with Crippen LogP contribution in [0.15, 0.2) is 4.79 Å². The van der Waals surface area contributed by atoms with Gasteiger partial charge < -0.3 is 10.3 Å². The summed E-state index contributed by atoms with van der Waals surface area (Å²) in [7, 11) is 0. The number of fused-ring (bicyclic) bond motifs is 1. The minimum absolute atomic E-state index is 0.217. The molecule has 1 atom stereocenters. The van der Waals surface area contributed by atoms with Crippen LogP contribution >= 0.6 is 0 Å². The lowest BCUT2D eigenvalue weighted by molar-refractivity contribution is 0.325. The molecule has 7 nitrogen and oxygen atoms in total. The van der Waals surface area contributed by atoms with Crippen molar-refractivity contribution in [3.8, 4) is 0 Å². The highest BCUT2D eigenvalue weighted by Crippen LogP contribution is 2.13. The molecule has 1 saturated heterocycles. The Kier molecular flexibility index (Phi) is 2.83. The molecular formula is C11H16N6O. The van der Waals surface area contributed by atoms with Crippen LogP contribution in [0, 0.1) is 12.8 Å². The molecule has 3 heterocycles. The van der Waals surface area contributed by atoms with Crippen LogP contribution in [0.3, 0.4) is 0 Å². The number of aryl methyl sites for hydroxylation is 1. The predicted molar refractivity (Wildman–Crippen MR) is 66.3 cm³/mol. The van der Waals surface area contributed by atoms with Gasteiger partial charge in [0.25, 0.3) is 5.56 Å². The van der Waals surface area contributed by atoms with Gasteiger partial charge in [-0.25, -0.2) is 9.67 Å². The number of aromatic nitrogens is 5. The van der Waals surface area contributed by atoms with E-state index < -0.39 is 0 Å². The molecule has 0 radical (unpaired) electrons. The lowest BCUT2D eigenvalue weighted by Gasteiger charge is -2.22. The van der Waals surface area contributed by atoms with E-state index in [1.54, 1.807) is 11.6 Å². The number of aromatic amines is 1. The standard InChI is InChI=1S/C11H16N6O/c1-7-13-10-9(11(18)14-7)15-16-17(10)6-8-3-2-4-12-5-8/h8,12H,2-6H2,1H3,(H,13,14,18)/t8-/m0/s1. The molecule has 0 saturated carbocycles. The monoisotopic (exact) mass is 248 g/mol. The largest absolute Gasteiger partial charge is 0.316 e. The number of rotatable bonds is 2. The molecule has 18 heavy (non-hydrogen) atoms. The minimum atomic E-state index is -0.217. The van der Waals surface area contributed by atoms with Crippen molar-refractivity contribution in [3.63, 3.8) is 0 Å². The zero-order valence-corrected chi connectivity index (χ0v) is 10.3. The zero-order chi connectivity index (χ0) is 12.5. The Morgan fingerprint density at radius 2 is 2.39 bits per heavy atom. The van der Waals surface area contributed by atoms with Gasteiger partial charge in [0.2, 0.25) is 0 Å². The first-order valence-electron chi connectivity index (χ1n) is 6.25. The van der Waals surface area contributed by atoms with E-state index in [1.807, 2.05) is 0 Å². The molecule has 3 rings (SSSR count). The molecule has 1 aliphatic rings. The van der Waals surface area contributed by atoms with E-state index in [0.717, 1.165) is 19.6 Å². The quantitative estimate of drug-likeness (QED) is 0.770. The molecule has 0 amide bonds. The first kappa shape index (κ1) is 11.3. The molecule has 0 spiro atoms. The Balaban J connectivity index is 1.94. The fraction of sp³-hybridized carbons (Fsp3) is 0.636. The normalized spacial score (nSPS) is 20.4. The SMILES string of the molecule is Cc1nc2c(nnn2C[C@H]2CCCNC2)c(=O)[nH]1. The van der Waals surface area contributed by atoms with E-state index in [9.17, 15) is 4.79 Å². The molecule has 7 heteroatoms. The number of H-pyrrole nitrogens is 1. The van der Waals surface area contributed by atoms with Crippen LogP contribution in [-0.2, 0) is 6.54 Å². The lowest BCUT2D eigenvalue weighted by Crippen LogP contribution is -2.32. The maximum Gasteiger partial charge on any atom is 0.281 e. The Labute approximate surface area is 104 Å². The second-order valence-corrected chi connectivity index (χ2v) is 4.81. The van der Waals surface area contributed by atoms with Gasteiger partial charge in [0, 0.05) is 6.54 Å². The maximum atomic E-state index is 11.7. The maximum absolute atomic E-state index is 11.7. The molecule has 96 valence electrons. The topological polar surface area (TPSA) is 88.5 Å². The Hall–Kier alpha value is -1.76. The van der Waals surface area contributed by atoms with Crippen molar-refractivity contribution < 1.29 is 0 Å². The summed E-state index contributed by atoms with van der Waals surface area (Å²) in [5.74, 6) is 1.13. The van der Waals surface area contributed by atoms with E-state index in [-0.39, 0.29) is 5.56 Å². The number of hydrogen-bond donors (Lipinski definition) is 2. The summed E-state index contributed by atoms with van der Waals surface area (Å²) < 4.78 is 1.75. The van der Waals surface area contributed by atoms with Crippen molar-refractivity contribution in [2.75, 3.05) is 13.1 Å². The van der Waals surface area contributed by atoms with Crippen molar-refractivity contribution in [1.29, 1.82) is 0 Å². The van der Waals surface area contributed by atoms with Crippen molar-refractivity contribution >= 4 is 11.2 Å². The van der Waals surface area contributed by atoms with Crippen LogP contribution < -0.4 is 10.9 Å². The summed E-state index contributed by atoms with van der Waals surface area (Å²) in [6.45, 7) is 4.61. The third-order valence-electron chi connectivity index (χ3n) is 3.32. The van der Waals surface area contributed by atoms with Crippen LogP contribution in [0.2, 0.25) is 0 Å². The van der Waals surface area contributed by atoms with E-state index in [0.29, 0.717) is 22.9 Å². The number of hydrogen-bond acceptors (Lipinski definition) is 5. The summed E-state index contributed by atoms with van der Waals surface area (Å²) in [4.78, 5) is 18.6. The van der Waals surface area contributed by atoms with Crippen LogP contribution in [0.25, 0.3) is 11.2 Å². The van der Waals surface area contributed by atoms with E-state index in [4.69, 9.17) is 0 Å². The molecular weight excluding hydrogens is 232 g/mol. The van der Waals surface area contributed by atoms with Gasteiger partial charge in [-0.2, -0.15) is 0 Å². The summed E-state index contributed by atoms with van der Waals surface area (Å²) in [5, 5.41) is 11.3. The van der Waals surface area contributed by atoms with Crippen molar-refractivity contribution in [1.82, 2.24) is 30.3 Å². The van der Waals surface area contributed by atoms with E-state index >= 15 is 0 Å². The number of nitrogens with zero attached hydrogens (tertiary/aromatic N) is 4. The first-order valence-corrected chi connectivity index (χ1v) is 6.25. The highest BCUT2D eigenvalue weighted by atomic mass is 16.1. The summed E-state index contributed by atoms with van der Waals surface area (Å²) in [5.41, 5.74) is 0.691. The number of nitrogens with one attached hydrogen (secondary N) is 2. The van der Waals surface area contributed by atoms with Crippen LogP contribution in [0.4, 0.5) is 0 Å². The molecule has 2 N–H and O–H groups in total. The zero-order valence-electron chi connectivity index (χ0n) is 10.3. The Bertz CT molecular complexity index is 610. The van der Waals surface area contributed by atoms with E-state index in [2.05, 4.69) is 25.6 Å². The van der Waals surface area contributed by atoms with Crippen LogP contribution in [0.1, 0.15) is 18.7 Å². The molecule has 0 aliphatic carbocycles.